The van der Waals surface area contributed by atoms with E-state index in [1.165, 1.54) is 23.5 Å². The van der Waals surface area contributed by atoms with Crippen molar-refractivity contribution in [3.8, 4) is 21.8 Å². The molecule has 3 nitrogen and oxygen atoms in total. The maximum Gasteiger partial charge on any atom is 0.224 e. The Kier molecular flexibility index (Phi) is 4.48. The topological polar surface area (TPSA) is 42.0 Å². The summed E-state index contributed by atoms with van der Waals surface area (Å²) in [5.74, 6) is -0.282. The third-order valence-electron chi connectivity index (χ3n) is 3.36. The molecule has 0 spiro atoms. The predicted molar refractivity (Wildman–Crippen MR) is 91.9 cm³/mol. The van der Waals surface area contributed by atoms with Crippen LogP contribution in [0.1, 0.15) is 13.3 Å². The fraction of sp³-hybridized carbons (Fsp3) is 0.111. The van der Waals surface area contributed by atoms with Crippen molar-refractivity contribution in [3.63, 3.8) is 0 Å². The van der Waals surface area contributed by atoms with Gasteiger partial charge in [0.1, 0.15) is 10.8 Å². The molecule has 3 aromatic rings. The van der Waals surface area contributed by atoms with E-state index >= 15 is 0 Å². The van der Waals surface area contributed by atoms with Crippen LogP contribution in [0.4, 0.5) is 10.1 Å². The smallest absolute Gasteiger partial charge is 0.224 e. The molecule has 0 aliphatic rings. The van der Waals surface area contributed by atoms with Crippen LogP contribution < -0.4 is 5.32 Å². The van der Waals surface area contributed by atoms with E-state index in [0.717, 1.165) is 27.5 Å². The minimum atomic E-state index is -0.268. The SMILES string of the molecule is CCC(=O)Nc1ccc(-c2csc(-c3cccc(F)c3)n2)cc1. The molecule has 23 heavy (non-hydrogen) atoms. The summed E-state index contributed by atoms with van der Waals surface area (Å²) in [6.45, 7) is 1.81. The molecular weight excluding hydrogens is 311 g/mol. The number of rotatable bonds is 4. The van der Waals surface area contributed by atoms with E-state index in [9.17, 15) is 9.18 Å². The Bertz CT molecular complexity index is 827. The summed E-state index contributed by atoms with van der Waals surface area (Å²) in [6, 6.07) is 13.9. The lowest BCUT2D eigenvalue weighted by molar-refractivity contribution is -0.115. The quantitative estimate of drug-likeness (QED) is 0.736. The number of anilines is 1. The van der Waals surface area contributed by atoms with Gasteiger partial charge < -0.3 is 5.32 Å². The highest BCUT2D eigenvalue weighted by atomic mass is 32.1. The Morgan fingerprint density at radius 3 is 2.65 bits per heavy atom. The normalized spacial score (nSPS) is 10.5. The Morgan fingerprint density at radius 2 is 1.96 bits per heavy atom. The zero-order valence-corrected chi connectivity index (χ0v) is 13.4. The van der Waals surface area contributed by atoms with Gasteiger partial charge in [0.25, 0.3) is 0 Å². The van der Waals surface area contributed by atoms with Gasteiger partial charge in [-0.05, 0) is 24.3 Å². The van der Waals surface area contributed by atoms with Crippen molar-refractivity contribution in [3.05, 3.63) is 59.7 Å². The first-order chi connectivity index (χ1) is 11.2. The van der Waals surface area contributed by atoms with Crippen LogP contribution in [-0.4, -0.2) is 10.9 Å². The van der Waals surface area contributed by atoms with Crippen LogP contribution in [0.3, 0.4) is 0 Å². The maximum absolute atomic E-state index is 13.3. The minimum Gasteiger partial charge on any atom is -0.326 e. The zero-order valence-electron chi connectivity index (χ0n) is 12.5. The van der Waals surface area contributed by atoms with Gasteiger partial charge in [-0.1, -0.05) is 31.2 Å². The van der Waals surface area contributed by atoms with Gasteiger partial charge in [-0.25, -0.2) is 9.37 Å². The number of halogens is 1. The largest absolute Gasteiger partial charge is 0.326 e. The monoisotopic (exact) mass is 326 g/mol. The molecule has 3 rings (SSSR count). The van der Waals surface area contributed by atoms with Crippen molar-refractivity contribution < 1.29 is 9.18 Å². The van der Waals surface area contributed by atoms with Crippen LogP contribution in [0.5, 0.6) is 0 Å². The third kappa shape index (κ3) is 3.63. The number of nitrogens with zero attached hydrogens (tertiary/aromatic N) is 1. The number of hydrogen-bond donors (Lipinski definition) is 1. The van der Waals surface area contributed by atoms with Crippen molar-refractivity contribution in [1.82, 2.24) is 4.98 Å². The number of carbonyl (C=O) groups excluding carboxylic acids is 1. The van der Waals surface area contributed by atoms with E-state index in [1.54, 1.807) is 6.07 Å². The van der Waals surface area contributed by atoms with Crippen LogP contribution in [0.15, 0.2) is 53.9 Å². The van der Waals surface area contributed by atoms with Crippen LogP contribution in [0.2, 0.25) is 0 Å². The standard InChI is InChI=1S/C18H15FN2OS/c1-2-17(22)20-15-8-6-12(7-9-15)16-11-23-18(21-16)13-4-3-5-14(19)10-13/h3-11H,2H2,1H3,(H,20,22). The number of thiazole rings is 1. The second kappa shape index (κ2) is 6.71. The molecule has 1 amide bonds. The average molecular weight is 326 g/mol. The first-order valence-corrected chi connectivity index (χ1v) is 8.15. The summed E-state index contributed by atoms with van der Waals surface area (Å²) in [7, 11) is 0. The highest BCUT2D eigenvalue weighted by Gasteiger charge is 2.08. The molecule has 0 saturated carbocycles. The second-order valence-electron chi connectivity index (χ2n) is 5.03. The highest BCUT2D eigenvalue weighted by molar-refractivity contribution is 7.13. The van der Waals surface area contributed by atoms with E-state index in [4.69, 9.17) is 0 Å². The van der Waals surface area contributed by atoms with Crippen LogP contribution in [-0.2, 0) is 4.79 Å². The Hall–Kier alpha value is -2.53. The molecule has 1 N–H and O–H groups in total. The molecule has 2 aromatic carbocycles. The molecular formula is C18H15FN2OS. The summed E-state index contributed by atoms with van der Waals surface area (Å²) in [5.41, 5.74) is 3.33. The van der Waals surface area contributed by atoms with Gasteiger partial charge in [-0.2, -0.15) is 0 Å². The molecule has 0 fully saturated rings. The first-order valence-electron chi connectivity index (χ1n) is 7.27. The molecule has 116 valence electrons. The second-order valence-corrected chi connectivity index (χ2v) is 5.89. The van der Waals surface area contributed by atoms with Crippen molar-refractivity contribution in [2.75, 3.05) is 5.32 Å². The van der Waals surface area contributed by atoms with E-state index < -0.39 is 0 Å². The van der Waals surface area contributed by atoms with Crippen molar-refractivity contribution in [2.45, 2.75) is 13.3 Å². The summed E-state index contributed by atoms with van der Waals surface area (Å²) in [5, 5.41) is 5.53. The molecule has 0 saturated heterocycles. The van der Waals surface area contributed by atoms with Crippen LogP contribution in [0.25, 0.3) is 21.8 Å². The first kappa shape index (κ1) is 15.4. The van der Waals surface area contributed by atoms with Crippen molar-refractivity contribution >= 4 is 22.9 Å². The summed E-state index contributed by atoms with van der Waals surface area (Å²) < 4.78 is 13.3. The van der Waals surface area contributed by atoms with E-state index in [-0.39, 0.29) is 11.7 Å². The number of carbonyl (C=O) groups is 1. The van der Waals surface area contributed by atoms with Crippen molar-refractivity contribution in [1.29, 1.82) is 0 Å². The summed E-state index contributed by atoms with van der Waals surface area (Å²) in [6.07, 6.45) is 0.449. The Morgan fingerprint density at radius 1 is 1.17 bits per heavy atom. The molecule has 0 aliphatic carbocycles. The number of benzene rings is 2. The predicted octanol–water partition coefficient (Wildman–Crippen LogP) is 4.96. The fourth-order valence-corrected chi connectivity index (χ4v) is 2.96. The lowest BCUT2D eigenvalue weighted by Gasteiger charge is -2.04. The highest BCUT2D eigenvalue weighted by Crippen LogP contribution is 2.29. The molecule has 1 aromatic heterocycles. The van der Waals surface area contributed by atoms with Gasteiger partial charge in [-0.15, -0.1) is 11.3 Å². The Balaban J connectivity index is 1.81. The van der Waals surface area contributed by atoms with E-state index in [2.05, 4.69) is 10.3 Å². The molecule has 5 heteroatoms. The zero-order chi connectivity index (χ0) is 16.2. The van der Waals surface area contributed by atoms with Crippen molar-refractivity contribution in [2.24, 2.45) is 0 Å². The average Bonchev–Trinajstić information content (AvgIpc) is 3.05. The van der Waals surface area contributed by atoms with Gasteiger partial charge in [0, 0.05) is 28.6 Å². The molecule has 0 bridgehead atoms. The number of hydrogen-bond acceptors (Lipinski definition) is 3. The van der Waals surface area contributed by atoms with Gasteiger partial charge in [0.2, 0.25) is 5.91 Å². The molecule has 0 radical (unpaired) electrons. The molecule has 1 heterocycles. The van der Waals surface area contributed by atoms with Crippen LogP contribution >= 0.6 is 11.3 Å². The van der Waals surface area contributed by atoms with Gasteiger partial charge in [0.15, 0.2) is 0 Å². The fourth-order valence-electron chi connectivity index (χ4n) is 2.13. The maximum atomic E-state index is 13.3. The lowest BCUT2D eigenvalue weighted by atomic mass is 10.1. The lowest BCUT2D eigenvalue weighted by Crippen LogP contribution is -2.08. The molecule has 0 aliphatic heterocycles. The number of aromatic nitrogens is 1. The van der Waals surface area contributed by atoms with Gasteiger partial charge in [0.05, 0.1) is 5.69 Å². The summed E-state index contributed by atoms with van der Waals surface area (Å²) >= 11 is 1.48. The van der Waals surface area contributed by atoms with Gasteiger partial charge in [-0.3, -0.25) is 4.79 Å². The van der Waals surface area contributed by atoms with E-state index in [0.29, 0.717) is 6.42 Å². The third-order valence-corrected chi connectivity index (χ3v) is 4.25. The van der Waals surface area contributed by atoms with Gasteiger partial charge >= 0.3 is 0 Å². The Labute approximate surface area is 137 Å². The minimum absolute atomic E-state index is 0.0141. The van der Waals surface area contributed by atoms with Crippen LogP contribution in [0, 0.1) is 5.82 Å². The number of amides is 1. The number of nitrogens with one attached hydrogen (secondary N) is 1. The molecule has 0 atom stereocenters. The molecule has 0 unspecified atom stereocenters. The van der Waals surface area contributed by atoms with E-state index in [1.807, 2.05) is 42.6 Å². The summed E-state index contributed by atoms with van der Waals surface area (Å²) in [4.78, 5) is 15.9.